The maximum absolute atomic E-state index is 5.82. The van der Waals surface area contributed by atoms with Gasteiger partial charge in [0.1, 0.15) is 5.60 Å². The van der Waals surface area contributed by atoms with E-state index in [4.69, 9.17) is 15.0 Å². The lowest BCUT2D eigenvalue weighted by atomic mass is 9.84. The Bertz CT molecular complexity index is 599. The number of rotatable bonds is 3. The number of anilines is 1. The third-order valence-electron chi connectivity index (χ3n) is 4.02. The second-order valence-electron chi connectivity index (χ2n) is 5.34. The number of thiophene rings is 1. The van der Waals surface area contributed by atoms with Crippen molar-refractivity contribution in [3.05, 3.63) is 17.5 Å². The second kappa shape index (κ2) is 5.18. The van der Waals surface area contributed by atoms with Gasteiger partial charge in [0.25, 0.3) is 5.89 Å². The lowest BCUT2D eigenvalue weighted by Gasteiger charge is -2.32. The molecule has 1 aliphatic rings. The Kier molecular flexibility index (Phi) is 3.52. The van der Waals surface area contributed by atoms with E-state index in [0.29, 0.717) is 11.7 Å². The lowest BCUT2D eigenvalue weighted by Crippen LogP contribution is -2.32. The number of hydrogen-bond donors (Lipinski definition) is 1. The fourth-order valence-electron chi connectivity index (χ4n) is 2.86. The summed E-state index contributed by atoms with van der Waals surface area (Å²) >= 11 is 1.47. The van der Waals surface area contributed by atoms with Crippen LogP contribution in [0.2, 0.25) is 0 Å². The van der Waals surface area contributed by atoms with Crippen LogP contribution in [0.5, 0.6) is 0 Å². The number of nitrogens with two attached hydrogens (primary N) is 1. The largest absolute Gasteiger partial charge is 0.391 e. The number of methoxy groups -OCH3 is 1. The summed E-state index contributed by atoms with van der Waals surface area (Å²) in [7, 11) is 1.73. The van der Waals surface area contributed by atoms with E-state index in [1.165, 1.54) is 17.8 Å². The first-order chi connectivity index (χ1) is 9.64. The molecule has 20 heavy (non-hydrogen) atoms. The van der Waals surface area contributed by atoms with Crippen molar-refractivity contribution in [1.29, 1.82) is 0 Å². The van der Waals surface area contributed by atoms with Crippen LogP contribution in [0, 0.1) is 6.92 Å². The van der Waals surface area contributed by atoms with Crippen LogP contribution in [0.1, 0.15) is 43.5 Å². The van der Waals surface area contributed by atoms with Gasteiger partial charge in [0.05, 0.1) is 9.88 Å². The van der Waals surface area contributed by atoms with Crippen molar-refractivity contribution in [2.75, 3.05) is 12.8 Å². The highest BCUT2D eigenvalue weighted by Gasteiger charge is 2.38. The van der Waals surface area contributed by atoms with E-state index >= 15 is 0 Å². The van der Waals surface area contributed by atoms with E-state index in [9.17, 15) is 0 Å². The molecule has 1 saturated carbocycles. The van der Waals surface area contributed by atoms with Gasteiger partial charge in [0.15, 0.2) is 0 Å². The predicted molar refractivity (Wildman–Crippen MR) is 78.5 cm³/mol. The fourth-order valence-corrected chi connectivity index (χ4v) is 3.72. The van der Waals surface area contributed by atoms with Crippen LogP contribution < -0.4 is 5.73 Å². The molecule has 0 atom stereocenters. The quantitative estimate of drug-likeness (QED) is 0.937. The zero-order chi connectivity index (χ0) is 14.2. The fraction of sp³-hybridized carbons (Fsp3) is 0.571. The van der Waals surface area contributed by atoms with Crippen molar-refractivity contribution in [2.45, 2.75) is 44.6 Å². The Labute approximate surface area is 122 Å². The Morgan fingerprint density at radius 3 is 2.70 bits per heavy atom. The highest BCUT2D eigenvalue weighted by atomic mass is 32.1. The number of aryl methyl sites for hydroxylation is 1. The summed E-state index contributed by atoms with van der Waals surface area (Å²) in [6.45, 7) is 2.00. The molecule has 0 saturated heterocycles. The molecule has 0 spiro atoms. The minimum absolute atomic E-state index is 0.378. The molecule has 5 nitrogen and oxygen atoms in total. The summed E-state index contributed by atoms with van der Waals surface area (Å²) in [6, 6.07) is 1.93. The van der Waals surface area contributed by atoms with Crippen LogP contribution in [0.3, 0.4) is 0 Å². The number of ether oxygens (including phenoxy) is 1. The van der Waals surface area contributed by atoms with Gasteiger partial charge >= 0.3 is 0 Å². The summed E-state index contributed by atoms with van der Waals surface area (Å²) in [6.07, 6.45) is 5.43. The van der Waals surface area contributed by atoms with Gasteiger partial charge in [-0.25, -0.2) is 0 Å². The third kappa shape index (κ3) is 2.23. The molecule has 2 aromatic heterocycles. The molecule has 0 amide bonds. The van der Waals surface area contributed by atoms with Crippen molar-refractivity contribution >= 4 is 16.3 Å². The zero-order valence-corrected chi connectivity index (χ0v) is 12.6. The maximum atomic E-state index is 5.82. The third-order valence-corrected chi connectivity index (χ3v) is 5.07. The molecule has 108 valence electrons. The van der Waals surface area contributed by atoms with Crippen LogP contribution in [0.25, 0.3) is 10.8 Å². The van der Waals surface area contributed by atoms with E-state index < -0.39 is 0 Å². The number of nitrogen functional groups attached to an aromatic ring is 1. The Morgan fingerprint density at radius 1 is 1.35 bits per heavy atom. The van der Waals surface area contributed by atoms with E-state index in [2.05, 4.69) is 10.1 Å². The number of aromatic nitrogens is 2. The van der Waals surface area contributed by atoms with Crippen LogP contribution in [-0.4, -0.2) is 17.3 Å². The molecule has 3 rings (SSSR count). The van der Waals surface area contributed by atoms with Gasteiger partial charge in [-0.15, -0.1) is 11.3 Å². The molecule has 2 N–H and O–H groups in total. The summed E-state index contributed by atoms with van der Waals surface area (Å²) in [5.74, 6) is 1.21. The average Bonchev–Trinajstić information content (AvgIpc) is 3.06. The zero-order valence-electron chi connectivity index (χ0n) is 11.8. The van der Waals surface area contributed by atoms with E-state index in [-0.39, 0.29) is 5.60 Å². The lowest BCUT2D eigenvalue weighted by molar-refractivity contribution is -0.0527. The molecule has 1 fully saturated rings. The van der Waals surface area contributed by atoms with Gasteiger partial charge in [-0.1, -0.05) is 24.4 Å². The molecule has 2 aromatic rings. The molecule has 0 aromatic carbocycles. The van der Waals surface area contributed by atoms with Gasteiger partial charge in [0.2, 0.25) is 5.82 Å². The Morgan fingerprint density at radius 2 is 2.10 bits per heavy atom. The van der Waals surface area contributed by atoms with Crippen molar-refractivity contribution in [3.63, 3.8) is 0 Å². The van der Waals surface area contributed by atoms with Crippen LogP contribution in [-0.2, 0) is 10.3 Å². The minimum atomic E-state index is -0.378. The molecule has 1 aliphatic carbocycles. The molecule has 6 heteroatoms. The first kappa shape index (κ1) is 13.6. The van der Waals surface area contributed by atoms with Crippen LogP contribution in [0.4, 0.5) is 5.00 Å². The summed E-state index contributed by atoms with van der Waals surface area (Å²) in [5, 5.41) is 4.92. The maximum Gasteiger partial charge on any atom is 0.268 e. The summed E-state index contributed by atoms with van der Waals surface area (Å²) < 4.78 is 11.2. The standard InChI is InChI=1S/C14H19N3O2S/c1-9-8-10(15)20-11(9)12-16-13(17-19-12)14(18-2)6-4-3-5-7-14/h8H,3-7,15H2,1-2H3. The Balaban J connectivity index is 1.95. The monoisotopic (exact) mass is 293 g/mol. The highest BCUT2D eigenvalue weighted by Crippen LogP contribution is 2.40. The summed E-state index contributed by atoms with van der Waals surface area (Å²) in [4.78, 5) is 5.52. The Hall–Kier alpha value is -1.40. The highest BCUT2D eigenvalue weighted by molar-refractivity contribution is 7.19. The number of hydrogen-bond acceptors (Lipinski definition) is 6. The molecule has 0 bridgehead atoms. The molecule has 0 radical (unpaired) electrons. The summed E-state index contributed by atoms with van der Waals surface area (Å²) in [5.41, 5.74) is 6.51. The van der Waals surface area contributed by atoms with Crippen LogP contribution >= 0.6 is 11.3 Å². The van der Waals surface area contributed by atoms with E-state index in [1.807, 2.05) is 13.0 Å². The van der Waals surface area contributed by atoms with E-state index in [1.54, 1.807) is 7.11 Å². The first-order valence-corrected chi connectivity index (χ1v) is 7.72. The van der Waals surface area contributed by atoms with Crippen LogP contribution in [0.15, 0.2) is 10.6 Å². The average molecular weight is 293 g/mol. The molecule has 0 aliphatic heterocycles. The second-order valence-corrected chi connectivity index (χ2v) is 6.43. The van der Waals surface area contributed by atoms with Gasteiger partial charge in [-0.05, 0) is 31.4 Å². The van der Waals surface area contributed by atoms with Crippen molar-refractivity contribution in [3.8, 4) is 10.8 Å². The predicted octanol–water partition coefficient (Wildman–Crippen LogP) is 3.49. The van der Waals surface area contributed by atoms with Gasteiger partial charge < -0.3 is 15.0 Å². The van der Waals surface area contributed by atoms with Gasteiger partial charge in [-0.3, -0.25) is 0 Å². The topological polar surface area (TPSA) is 74.2 Å². The molecule has 0 unspecified atom stereocenters. The van der Waals surface area contributed by atoms with E-state index in [0.717, 1.165) is 41.1 Å². The van der Waals surface area contributed by atoms with Crippen molar-refractivity contribution in [2.24, 2.45) is 0 Å². The first-order valence-electron chi connectivity index (χ1n) is 6.90. The minimum Gasteiger partial charge on any atom is -0.391 e. The molecule has 2 heterocycles. The van der Waals surface area contributed by atoms with Crippen molar-refractivity contribution in [1.82, 2.24) is 10.1 Å². The SMILES string of the molecule is COC1(c2noc(-c3sc(N)cc3C)n2)CCCCC1. The number of nitrogens with zero attached hydrogens (tertiary/aromatic N) is 2. The normalized spacial score (nSPS) is 18.3. The molecular weight excluding hydrogens is 274 g/mol. The van der Waals surface area contributed by atoms with Gasteiger partial charge in [-0.2, -0.15) is 4.98 Å². The van der Waals surface area contributed by atoms with Crippen molar-refractivity contribution < 1.29 is 9.26 Å². The smallest absolute Gasteiger partial charge is 0.268 e. The van der Waals surface area contributed by atoms with Gasteiger partial charge in [0, 0.05) is 7.11 Å². The molecular formula is C14H19N3O2S.